The van der Waals surface area contributed by atoms with Gasteiger partial charge in [-0.15, -0.1) is 0 Å². The Morgan fingerprint density at radius 2 is 2.40 bits per heavy atom. The summed E-state index contributed by atoms with van der Waals surface area (Å²) in [5.74, 6) is -0.686. The second-order valence-corrected chi connectivity index (χ2v) is 1.42. The van der Waals surface area contributed by atoms with Crippen LogP contribution in [0.3, 0.4) is 0 Å². The fraction of sp³-hybridized carbons (Fsp3) is 0.500. The second-order valence-electron chi connectivity index (χ2n) is 1.42. The van der Waals surface area contributed by atoms with Gasteiger partial charge in [-0.2, -0.15) is 0 Å². The van der Waals surface area contributed by atoms with Crippen LogP contribution >= 0.6 is 0 Å². The molecule has 6 heteroatoms. The Balaban J connectivity index is 2.43. The largest absolute Gasteiger partial charge is 0.460 e. The van der Waals surface area contributed by atoms with Crippen LogP contribution in [0.1, 0.15) is 6.92 Å². The number of carbonyl (C=O) groups is 1. The SMILES string of the molecule is CCOC(=O)C1=NN=N[N]1. The molecule has 0 aliphatic carbocycles. The van der Waals surface area contributed by atoms with Crippen molar-refractivity contribution >= 4 is 11.8 Å². The lowest BCUT2D eigenvalue weighted by Gasteiger charge is -1.95. The molecule has 0 saturated carbocycles. The lowest BCUT2D eigenvalue weighted by molar-refractivity contribution is -0.135. The molecule has 1 heterocycles. The smallest absolute Gasteiger partial charge is 0.380 e. The molecule has 53 valence electrons. The Bertz CT molecular complexity index is 197. The van der Waals surface area contributed by atoms with Crippen molar-refractivity contribution in [2.24, 2.45) is 15.5 Å². The Morgan fingerprint density at radius 3 is 2.90 bits per heavy atom. The van der Waals surface area contributed by atoms with Crippen molar-refractivity contribution in [1.82, 2.24) is 5.43 Å². The molecule has 0 spiro atoms. The van der Waals surface area contributed by atoms with Crippen LogP contribution in [0, 0.1) is 0 Å². The Labute approximate surface area is 56.9 Å². The van der Waals surface area contributed by atoms with Gasteiger partial charge in [-0.05, 0) is 17.4 Å². The summed E-state index contributed by atoms with van der Waals surface area (Å²) in [4.78, 5) is 10.7. The predicted molar refractivity (Wildman–Crippen MR) is 31.1 cm³/mol. The van der Waals surface area contributed by atoms with Crippen LogP contribution in [0.4, 0.5) is 0 Å². The van der Waals surface area contributed by atoms with Gasteiger partial charge in [-0.3, -0.25) is 0 Å². The molecule has 0 aromatic heterocycles. The van der Waals surface area contributed by atoms with Crippen LogP contribution in [-0.4, -0.2) is 18.4 Å². The molecule has 0 bridgehead atoms. The van der Waals surface area contributed by atoms with E-state index in [1.807, 2.05) is 0 Å². The average molecular weight is 141 g/mol. The molecule has 1 radical (unpaired) electrons. The maximum atomic E-state index is 10.7. The van der Waals surface area contributed by atoms with Gasteiger partial charge < -0.3 is 4.74 Å². The van der Waals surface area contributed by atoms with Gasteiger partial charge in [0.2, 0.25) is 0 Å². The van der Waals surface area contributed by atoms with Crippen LogP contribution in [0.15, 0.2) is 15.5 Å². The average Bonchev–Trinajstić information content (AvgIpc) is 2.38. The zero-order chi connectivity index (χ0) is 7.40. The summed E-state index contributed by atoms with van der Waals surface area (Å²) < 4.78 is 4.54. The molecular formula is C4H5N4O2. The van der Waals surface area contributed by atoms with Gasteiger partial charge >= 0.3 is 5.97 Å². The first-order valence-corrected chi connectivity index (χ1v) is 2.70. The van der Waals surface area contributed by atoms with E-state index in [0.717, 1.165) is 0 Å². The van der Waals surface area contributed by atoms with Gasteiger partial charge in [-0.25, -0.2) is 4.79 Å². The first-order valence-electron chi connectivity index (χ1n) is 2.70. The molecular weight excluding hydrogens is 136 g/mol. The fourth-order valence-electron chi connectivity index (χ4n) is 0.422. The van der Waals surface area contributed by atoms with E-state index in [0.29, 0.717) is 6.61 Å². The highest BCUT2D eigenvalue weighted by Crippen LogP contribution is 1.92. The summed E-state index contributed by atoms with van der Waals surface area (Å²) in [6.07, 6.45) is 0. The van der Waals surface area contributed by atoms with Crippen LogP contribution in [0.2, 0.25) is 0 Å². The van der Waals surface area contributed by atoms with E-state index in [4.69, 9.17) is 0 Å². The first kappa shape index (κ1) is 6.66. The molecule has 0 aromatic carbocycles. The van der Waals surface area contributed by atoms with Gasteiger partial charge in [0.05, 0.1) is 6.61 Å². The minimum Gasteiger partial charge on any atom is -0.460 e. The number of nitrogens with zero attached hydrogens (tertiary/aromatic N) is 4. The summed E-state index contributed by atoms with van der Waals surface area (Å²) in [5, 5.41) is 9.52. The van der Waals surface area contributed by atoms with E-state index in [1.165, 1.54) is 0 Å². The lowest BCUT2D eigenvalue weighted by Crippen LogP contribution is -2.21. The number of hydrogen-bond acceptors (Lipinski definition) is 5. The van der Waals surface area contributed by atoms with E-state index >= 15 is 0 Å². The molecule has 1 aliphatic heterocycles. The summed E-state index contributed by atoms with van der Waals surface area (Å²) in [6, 6.07) is 0. The van der Waals surface area contributed by atoms with Crippen molar-refractivity contribution in [3.05, 3.63) is 0 Å². The van der Waals surface area contributed by atoms with Crippen molar-refractivity contribution in [3.63, 3.8) is 0 Å². The van der Waals surface area contributed by atoms with Crippen molar-refractivity contribution in [1.29, 1.82) is 0 Å². The standard InChI is InChI=1S/C4H5N4O2/c1-2-10-4(9)3-5-7-8-6-3/h2H2,1H3. The van der Waals surface area contributed by atoms with Gasteiger partial charge in [0.25, 0.3) is 5.84 Å². The van der Waals surface area contributed by atoms with Crippen molar-refractivity contribution in [2.75, 3.05) is 6.61 Å². The Kier molecular flexibility index (Phi) is 1.93. The van der Waals surface area contributed by atoms with Crippen LogP contribution in [0.25, 0.3) is 0 Å². The maximum Gasteiger partial charge on any atom is 0.380 e. The third-order valence-electron chi connectivity index (χ3n) is 0.777. The first-order chi connectivity index (χ1) is 4.84. The molecule has 0 N–H and O–H groups in total. The Hall–Kier alpha value is -1.46. The van der Waals surface area contributed by atoms with Crippen molar-refractivity contribution in [3.8, 4) is 0 Å². The third-order valence-corrected chi connectivity index (χ3v) is 0.777. The predicted octanol–water partition coefficient (Wildman–Crippen LogP) is -0.152. The molecule has 0 unspecified atom stereocenters. The number of hydrogen-bond donors (Lipinski definition) is 0. The van der Waals surface area contributed by atoms with E-state index in [1.54, 1.807) is 6.92 Å². The highest BCUT2D eigenvalue weighted by Gasteiger charge is 2.16. The molecule has 1 aliphatic rings. The molecule has 0 saturated heterocycles. The number of ether oxygens (including phenoxy) is 1. The number of carbonyl (C=O) groups excluding carboxylic acids is 1. The minimum absolute atomic E-state index is 0.0955. The maximum absolute atomic E-state index is 10.7. The van der Waals surface area contributed by atoms with Crippen LogP contribution in [-0.2, 0) is 9.53 Å². The van der Waals surface area contributed by atoms with Crippen molar-refractivity contribution in [2.45, 2.75) is 6.92 Å². The van der Waals surface area contributed by atoms with E-state index < -0.39 is 5.97 Å². The summed E-state index contributed by atoms with van der Waals surface area (Å²) >= 11 is 0. The third kappa shape index (κ3) is 1.28. The van der Waals surface area contributed by atoms with Gasteiger partial charge in [0.1, 0.15) is 0 Å². The molecule has 0 amide bonds. The molecule has 1 rings (SSSR count). The van der Waals surface area contributed by atoms with E-state index in [9.17, 15) is 4.79 Å². The molecule has 0 aromatic rings. The second kappa shape index (κ2) is 2.90. The normalized spacial score (nSPS) is 14.3. The number of rotatable bonds is 2. The summed E-state index contributed by atoms with van der Waals surface area (Å²) in [7, 11) is 0. The molecule has 0 atom stereocenters. The molecule has 6 nitrogen and oxygen atoms in total. The van der Waals surface area contributed by atoms with Gasteiger partial charge in [0.15, 0.2) is 0 Å². The fourth-order valence-corrected chi connectivity index (χ4v) is 0.422. The lowest BCUT2D eigenvalue weighted by atomic mass is 10.6. The highest BCUT2D eigenvalue weighted by atomic mass is 16.5. The number of amidine groups is 1. The molecule has 10 heavy (non-hydrogen) atoms. The quantitative estimate of drug-likeness (QED) is 0.501. The topological polar surface area (TPSA) is 77.5 Å². The minimum atomic E-state index is -0.590. The van der Waals surface area contributed by atoms with E-state index in [-0.39, 0.29) is 5.84 Å². The van der Waals surface area contributed by atoms with Gasteiger partial charge in [-0.1, -0.05) is 10.5 Å². The monoisotopic (exact) mass is 141 g/mol. The summed E-state index contributed by atoms with van der Waals surface area (Å²) in [6.45, 7) is 2.00. The van der Waals surface area contributed by atoms with Crippen LogP contribution in [0.5, 0.6) is 0 Å². The zero-order valence-corrected chi connectivity index (χ0v) is 5.31. The number of esters is 1. The highest BCUT2D eigenvalue weighted by molar-refractivity contribution is 6.35. The van der Waals surface area contributed by atoms with E-state index in [2.05, 4.69) is 25.7 Å². The molecule has 0 fully saturated rings. The zero-order valence-electron chi connectivity index (χ0n) is 5.31. The van der Waals surface area contributed by atoms with Gasteiger partial charge in [0, 0.05) is 0 Å². The van der Waals surface area contributed by atoms with Crippen molar-refractivity contribution < 1.29 is 9.53 Å². The Morgan fingerprint density at radius 1 is 1.60 bits per heavy atom. The summed E-state index contributed by atoms with van der Waals surface area (Å²) in [5.41, 5.74) is 3.29. The van der Waals surface area contributed by atoms with Crippen LogP contribution < -0.4 is 5.43 Å².